The highest BCUT2D eigenvalue weighted by Gasteiger charge is 2.48. The third-order valence-electron chi connectivity index (χ3n) is 5.36. The maximum atomic E-state index is 13.5. The Labute approximate surface area is 142 Å². The number of halogens is 4. The number of likely N-dealkylation sites (tertiary alicyclic amines) is 1. The molecule has 3 rings (SSSR count). The minimum atomic E-state index is -4.74. The van der Waals surface area contributed by atoms with Crippen LogP contribution in [0.3, 0.4) is 0 Å². The molecule has 1 aromatic rings. The van der Waals surface area contributed by atoms with Crippen molar-refractivity contribution < 1.29 is 27.5 Å². The van der Waals surface area contributed by atoms with Gasteiger partial charge in [0.1, 0.15) is 5.82 Å². The summed E-state index contributed by atoms with van der Waals surface area (Å²) in [5, 5.41) is 12.6. The summed E-state index contributed by atoms with van der Waals surface area (Å²) in [6, 6.07) is 3.08. The molecule has 8 heteroatoms. The lowest BCUT2D eigenvalue weighted by Gasteiger charge is -2.35. The number of rotatable bonds is 4. The molecule has 0 bridgehead atoms. The SMILES string of the molecule is C[C@@]1(CNC2(c3ccc(F)c(C(F)(F)F)c3)CC2)CCCN1C(=O)O. The molecule has 1 aromatic carbocycles. The molecule has 25 heavy (non-hydrogen) atoms. The first-order valence-electron chi connectivity index (χ1n) is 8.20. The van der Waals surface area contributed by atoms with Gasteiger partial charge in [-0.05, 0) is 50.3 Å². The van der Waals surface area contributed by atoms with Gasteiger partial charge in [0.25, 0.3) is 0 Å². The van der Waals surface area contributed by atoms with Gasteiger partial charge in [-0.1, -0.05) is 6.07 Å². The Morgan fingerprint density at radius 2 is 2.00 bits per heavy atom. The van der Waals surface area contributed by atoms with E-state index in [9.17, 15) is 27.5 Å². The van der Waals surface area contributed by atoms with Crippen molar-refractivity contribution in [2.45, 2.75) is 49.9 Å². The highest BCUT2D eigenvalue weighted by molar-refractivity contribution is 5.66. The van der Waals surface area contributed by atoms with Crippen molar-refractivity contribution in [2.75, 3.05) is 13.1 Å². The molecular formula is C17H20F4N2O2. The maximum absolute atomic E-state index is 13.5. The molecule has 2 fully saturated rings. The van der Waals surface area contributed by atoms with Crippen LogP contribution in [0.25, 0.3) is 0 Å². The van der Waals surface area contributed by atoms with E-state index in [1.54, 1.807) is 0 Å². The van der Waals surface area contributed by atoms with Crippen LogP contribution in [0.15, 0.2) is 18.2 Å². The molecule has 1 atom stereocenters. The summed E-state index contributed by atoms with van der Waals surface area (Å²) < 4.78 is 52.3. The Kier molecular flexibility index (Phi) is 4.21. The number of carbonyl (C=O) groups is 1. The lowest BCUT2D eigenvalue weighted by atomic mass is 9.96. The molecule has 2 aliphatic rings. The number of nitrogens with one attached hydrogen (secondary N) is 1. The van der Waals surface area contributed by atoms with Crippen molar-refractivity contribution in [3.8, 4) is 0 Å². The number of benzene rings is 1. The first kappa shape index (κ1) is 18.0. The summed E-state index contributed by atoms with van der Waals surface area (Å²) >= 11 is 0. The minimum absolute atomic E-state index is 0.345. The van der Waals surface area contributed by atoms with Crippen LogP contribution in [0.4, 0.5) is 22.4 Å². The third-order valence-corrected chi connectivity index (χ3v) is 5.36. The van der Waals surface area contributed by atoms with Crippen LogP contribution in [-0.2, 0) is 11.7 Å². The number of alkyl halides is 3. The minimum Gasteiger partial charge on any atom is -0.465 e. The quantitative estimate of drug-likeness (QED) is 0.800. The summed E-state index contributed by atoms with van der Waals surface area (Å²) in [7, 11) is 0. The Morgan fingerprint density at radius 1 is 1.32 bits per heavy atom. The number of nitrogens with zero attached hydrogens (tertiary/aromatic N) is 1. The molecule has 0 aromatic heterocycles. The predicted octanol–water partition coefficient (Wildman–Crippen LogP) is 3.96. The van der Waals surface area contributed by atoms with Gasteiger partial charge in [-0.3, -0.25) is 0 Å². The van der Waals surface area contributed by atoms with Gasteiger partial charge in [-0.2, -0.15) is 13.2 Å². The van der Waals surface area contributed by atoms with Crippen molar-refractivity contribution in [3.63, 3.8) is 0 Å². The van der Waals surface area contributed by atoms with Crippen LogP contribution in [0.5, 0.6) is 0 Å². The van der Waals surface area contributed by atoms with Crippen molar-refractivity contribution >= 4 is 6.09 Å². The van der Waals surface area contributed by atoms with Gasteiger partial charge in [0.05, 0.1) is 11.1 Å². The average Bonchev–Trinajstić information content (AvgIpc) is 3.20. The van der Waals surface area contributed by atoms with E-state index >= 15 is 0 Å². The van der Waals surface area contributed by atoms with Crippen molar-refractivity contribution in [1.82, 2.24) is 10.2 Å². The summed E-state index contributed by atoms with van der Waals surface area (Å²) in [5.74, 6) is -1.29. The molecule has 1 heterocycles. The summed E-state index contributed by atoms with van der Waals surface area (Å²) in [6.45, 7) is 2.64. The number of carboxylic acid groups (broad SMARTS) is 1. The first-order valence-corrected chi connectivity index (χ1v) is 8.20. The average molecular weight is 360 g/mol. The van der Waals surface area contributed by atoms with Crippen LogP contribution in [0.2, 0.25) is 0 Å². The molecule has 138 valence electrons. The largest absolute Gasteiger partial charge is 0.465 e. The molecule has 0 spiro atoms. The number of amides is 1. The van der Waals surface area contributed by atoms with E-state index in [0.717, 1.165) is 18.6 Å². The monoisotopic (exact) mass is 360 g/mol. The fourth-order valence-corrected chi connectivity index (χ4v) is 3.63. The van der Waals surface area contributed by atoms with Gasteiger partial charge in [0.15, 0.2) is 0 Å². The van der Waals surface area contributed by atoms with E-state index in [-0.39, 0.29) is 0 Å². The topological polar surface area (TPSA) is 52.6 Å². The van der Waals surface area contributed by atoms with E-state index in [1.165, 1.54) is 11.0 Å². The summed E-state index contributed by atoms with van der Waals surface area (Å²) in [4.78, 5) is 12.7. The van der Waals surface area contributed by atoms with Crippen LogP contribution in [-0.4, -0.2) is 34.7 Å². The fraction of sp³-hybridized carbons (Fsp3) is 0.588. The zero-order valence-electron chi connectivity index (χ0n) is 13.8. The fourth-order valence-electron chi connectivity index (χ4n) is 3.63. The summed E-state index contributed by atoms with van der Waals surface area (Å²) in [6.07, 6.45) is -3.01. The molecule has 1 saturated carbocycles. The zero-order valence-corrected chi connectivity index (χ0v) is 13.8. The van der Waals surface area contributed by atoms with E-state index in [1.807, 2.05) is 6.92 Å². The van der Waals surface area contributed by atoms with Crippen molar-refractivity contribution in [1.29, 1.82) is 0 Å². The van der Waals surface area contributed by atoms with Gasteiger partial charge in [-0.15, -0.1) is 0 Å². The number of hydrogen-bond acceptors (Lipinski definition) is 2. The van der Waals surface area contributed by atoms with E-state index in [4.69, 9.17) is 0 Å². The molecule has 1 saturated heterocycles. The second-order valence-corrected chi connectivity index (χ2v) is 7.16. The highest BCUT2D eigenvalue weighted by atomic mass is 19.4. The Bertz CT molecular complexity index is 688. The van der Waals surface area contributed by atoms with Gasteiger partial charge in [0.2, 0.25) is 0 Å². The zero-order chi connectivity index (χ0) is 18.5. The van der Waals surface area contributed by atoms with E-state index in [0.29, 0.717) is 37.9 Å². The molecule has 4 nitrogen and oxygen atoms in total. The number of hydrogen-bond donors (Lipinski definition) is 2. The van der Waals surface area contributed by atoms with Crippen molar-refractivity contribution in [2.24, 2.45) is 0 Å². The molecule has 1 aliphatic carbocycles. The molecule has 2 N–H and O–H groups in total. The molecule has 0 unspecified atom stereocenters. The molecule has 1 amide bonds. The lowest BCUT2D eigenvalue weighted by Crippen LogP contribution is -2.52. The van der Waals surface area contributed by atoms with Crippen LogP contribution in [0.1, 0.15) is 43.7 Å². The van der Waals surface area contributed by atoms with Crippen LogP contribution in [0, 0.1) is 5.82 Å². The molecule has 1 aliphatic heterocycles. The van der Waals surface area contributed by atoms with Gasteiger partial charge < -0.3 is 15.3 Å². The lowest BCUT2D eigenvalue weighted by molar-refractivity contribution is -0.140. The normalized spacial score (nSPS) is 25.2. The second kappa shape index (κ2) is 5.86. The van der Waals surface area contributed by atoms with Crippen LogP contribution >= 0.6 is 0 Å². The molecule has 0 radical (unpaired) electrons. The smallest absolute Gasteiger partial charge is 0.419 e. The van der Waals surface area contributed by atoms with Crippen molar-refractivity contribution in [3.05, 3.63) is 35.1 Å². The Balaban J connectivity index is 1.79. The third kappa shape index (κ3) is 3.31. The Morgan fingerprint density at radius 3 is 2.56 bits per heavy atom. The van der Waals surface area contributed by atoms with Gasteiger partial charge in [0, 0.05) is 18.6 Å². The van der Waals surface area contributed by atoms with Gasteiger partial charge >= 0.3 is 12.3 Å². The maximum Gasteiger partial charge on any atom is 0.419 e. The second-order valence-electron chi connectivity index (χ2n) is 7.16. The predicted molar refractivity (Wildman–Crippen MR) is 82.7 cm³/mol. The van der Waals surface area contributed by atoms with E-state index in [2.05, 4.69) is 5.32 Å². The Hall–Kier alpha value is -1.83. The van der Waals surface area contributed by atoms with E-state index < -0.39 is 34.7 Å². The van der Waals surface area contributed by atoms with Crippen LogP contribution < -0.4 is 5.32 Å². The molecular weight excluding hydrogens is 340 g/mol. The first-order chi connectivity index (χ1) is 11.6. The summed E-state index contributed by atoms with van der Waals surface area (Å²) in [5.41, 5.74) is -2.10. The highest BCUT2D eigenvalue weighted by Crippen LogP contribution is 2.47. The standard InChI is InChI=1S/C17H20F4N2O2/c1-15(5-2-8-23(15)14(24)25)10-22-16(6-7-16)11-3-4-13(18)12(9-11)17(19,20)21/h3-4,9,22H,2,5-8,10H2,1H3,(H,24,25)/t15-/m0/s1. The van der Waals surface area contributed by atoms with Gasteiger partial charge in [-0.25, -0.2) is 9.18 Å².